The van der Waals surface area contributed by atoms with Crippen molar-refractivity contribution in [3.05, 3.63) is 29.8 Å². The van der Waals surface area contributed by atoms with Gasteiger partial charge in [-0.2, -0.15) is 0 Å². The van der Waals surface area contributed by atoms with E-state index in [4.69, 9.17) is 4.74 Å². The molecule has 0 aliphatic heterocycles. The van der Waals surface area contributed by atoms with Crippen molar-refractivity contribution in [3.8, 4) is 5.75 Å². The van der Waals surface area contributed by atoms with Gasteiger partial charge in [0.25, 0.3) is 5.91 Å². The fourth-order valence-corrected chi connectivity index (χ4v) is 1.14. The number of carbonyl (C=O) groups is 1. The minimum atomic E-state index is -0.0358. The molecule has 0 aromatic heterocycles. The highest BCUT2D eigenvalue weighted by Gasteiger charge is 2.05. The van der Waals surface area contributed by atoms with Crippen LogP contribution in [0.2, 0.25) is 0 Å². The number of benzene rings is 1. The van der Waals surface area contributed by atoms with Gasteiger partial charge in [-0.3, -0.25) is 4.79 Å². The highest BCUT2D eigenvalue weighted by molar-refractivity contribution is 5.94. The van der Waals surface area contributed by atoms with E-state index in [1.807, 2.05) is 0 Å². The monoisotopic (exact) mass is 207 g/mol. The minimum Gasteiger partial charge on any atom is -0.497 e. The van der Waals surface area contributed by atoms with Gasteiger partial charge >= 0.3 is 0 Å². The van der Waals surface area contributed by atoms with Crippen LogP contribution in [0, 0.1) is 5.92 Å². The topological polar surface area (TPSA) is 38.3 Å². The number of nitrogens with one attached hydrogen (secondary N) is 1. The Kier molecular flexibility index (Phi) is 4.16. The first-order chi connectivity index (χ1) is 7.13. The van der Waals surface area contributed by atoms with E-state index in [1.165, 1.54) is 0 Å². The van der Waals surface area contributed by atoms with Crippen LogP contribution < -0.4 is 10.1 Å². The smallest absolute Gasteiger partial charge is 0.251 e. The molecule has 1 rings (SSSR count). The van der Waals surface area contributed by atoms with Crippen molar-refractivity contribution >= 4 is 5.91 Å². The van der Waals surface area contributed by atoms with E-state index in [0.717, 1.165) is 5.75 Å². The van der Waals surface area contributed by atoms with Gasteiger partial charge in [0.2, 0.25) is 0 Å². The van der Waals surface area contributed by atoms with Gasteiger partial charge in [-0.15, -0.1) is 0 Å². The van der Waals surface area contributed by atoms with Crippen LogP contribution >= 0.6 is 0 Å². The van der Waals surface area contributed by atoms with Crippen LogP contribution in [0.15, 0.2) is 24.3 Å². The van der Waals surface area contributed by atoms with Crippen molar-refractivity contribution in [2.75, 3.05) is 13.7 Å². The molecular formula is C12H17NO2. The van der Waals surface area contributed by atoms with Crippen LogP contribution in [0.3, 0.4) is 0 Å². The molecule has 82 valence electrons. The normalized spacial score (nSPS) is 10.1. The molecule has 1 amide bonds. The second-order valence-electron chi connectivity index (χ2n) is 3.83. The van der Waals surface area contributed by atoms with Crippen LogP contribution in [0.5, 0.6) is 5.75 Å². The van der Waals surface area contributed by atoms with Crippen molar-refractivity contribution in [2.45, 2.75) is 13.8 Å². The molecule has 0 saturated carbocycles. The number of methoxy groups -OCH3 is 1. The van der Waals surface area contributed by atoms with Crippen LogP contribution in [0.25, 0.3) is 0 Å². The summed E-state index contributed by atoms with van der Waals surface area (Å²) in [4.78, 5) is 11.6. The molecule has 0 aliphatic rings. The van der Waals surface area contributed by atoms with E-state index in [9.17, 15) is 4.79 Å². The third-order valence-corrected chi connectivity index (χ3v) is 2.02. The van der Waals surface area contributed by atoms with Crippen LogP contribution in [0.1, 0.15) is 24.2 Å². The summed E-state index contributed by atoms with van der Waals surface area (Å²) in [6.07, 6.45) is 0. The van der Waals surface area contributed by atoms with Gasteiger partial charge in [0.1, 0.15) is 5.75 Å². The van der Waals surface area contributed by atoms with Gasteiger partial charge < -0.3 is 10.1 Å². The summed E-state index contributed by atoms with van der Waals surface area (Å²) in [5.41, 5.74) is 0.663. The highest BCUT2D eigenvalue weighted by Crippen LogP contribution is 2.11. The Bertz CT molecular complexity index is 317. The van der Waals surface area contributed by atoms with Crippen molar-refractivity contribution in [1.29, 1.82) is 0 Å². The number of amides is 1. The first-order valence-electron chi connectivity index (χ1n) is 5.05. The molecule has 0 aliphatic carbocycles. The number of hydrogen-bond acceptors (Lipinski definition) is 2. The second-order valence-corrected chi connectivity index (χ2v) is 3.83. The van der Waals surface area contributed by atoms with E-state index in [1.54, 1.807) is 31.4 Å². The number of carbonyl (C=O) groups excluding carboxylic acids is 1. The molecule has 0 fully saturated rings. The van der Waals surface area contributed by atoms with Gasteiger partial charge in [0.05, 0.1) is 7.11 Å². The van der Waals surface area contributed by atoms with Gasteiger partial charge in [-0.1, -0.05) is 13.8 Å². The molecule has 0 spiro atoms. The molecule has 1 aromatic rings. The molecule has 1 N–H and O–H groups in total. The zero-order valence-corrected chi connectivity index (χ0v) is 9.41. The van der Waals surface area contributed by atoms with Gasteiger partial charge in [-0.25, -0.2) is 0 Å². The number of rotatable bonds is 4. The fraction of sp³-hybridized carbons (Fsp3) is 0.417. The van der Waals surface area contributed by atoms with E-state index < -0.39 is 0 Å². The fourth-order valence-electron chi connectivity index (χ4n) is 1.14. The van der Waals surface area contributed by atoms with Gasteiger partial charge in [-0.05, 0) is 30.2 Å². The number of hydrogen-bond donors (Lipinski definition) is 1. The summed E-state index contributed by atoms with van der Waals surface area (Å²) in [5, 5.41) is 2.86. The summed E-state index contributed by atoms with van der Waals surface area (Å²) < 4.78 is 5.02. The average Bonchev–Trinajstić information content (AvgIpc) is 2.26. The lowest BCUT2D eigenvalue weighted by atomic mass is 10.2. The zero-order chi connectivity index (χ0) is 11.3. The molecule has 3 heteroatoms. The molecule has 0 saturated heterocycles. The Hall–Kier alpha value is -1.51. The molecule has 0 heterocycles. The Morgan fingerprint density at radius 1 is 1.33 bits per heavy atom. The predicted molar refractivity (Wildman–Crippen MR) is 60.2 cm³/mol. The summed E-state index contributed by atoms with van der Waals surface area (Å²) >= 11 is 0. The quantitative estimate of drug-likeness (QED) is 0.821. The molecule has 0 unspecified atom stereocenters. The van der Waals surface area contributed by atoms with Gasteiger partial charge in [0.15, 0.2) is 0 Å². The van der Waals surface area contributed by atoms with E-state index in [2.05, 4.69) is 19.2 Å². The Morgan fingerprint density at radius 2 is 1.93 bits per heavy atom. The van der Waals surface area contributed by atoms with Crippen molar-refractivity contribution in [2.24, 2.45) is 5.92 Å². The van der Waals surface area contributed by atoms with Crippen molar-refractivity contribution in [1.82, 2.24) is 5.32 Å². The standard InChI is InChI=1S/C12H17NO2/c1-9(2)8-13-12(14)10-4-6-11(15-3)7-5-10/h4-7,9H,8H2,1-3H3,(H,13,14). The zero-order valence-electron chi connectivity index (χ0n) is 9.41. The Labute approximate surface area is 90.4 Å². The maximum Gasteiger partial charge on any atom is 0.251 e. The molecular weight excluding hydrogens is 190 g/mol. The maximum atomic E-state index is 11.6. The number of ether oxygens (including phenoxy) is 1. The molecule has 15 heavy (non-hydrogen) atoms. The van der Waals surface area contributed by atoms with E-state index >= 15 is 0 Å². The maximum absolute atomic E-state index is 11.6. The molecule has 0 radical (unpaired) electrons. The summed E-state index contributed by atoms with van der Waals surface area (Å²) in [7, 11) is 1.61. The SMILES string of the molecule is COc1ccc(C(=O)NCC(C)C)cc1. The third-order valence-electron chi connectivity index (χ3n) is 2.02. The lowest BCUT2D eigenvalue weighted by molar-refractivity contribution is 0.0949. The van der Waals surface area contributed by atoms with E-state index in [-0.39, 0.29) is 5.91 Å². The lowest BCUT2D eigenvalue weighted by Gasteiger charge is -2.07. The molecule has 1 aromatic carbocycles. The lowest BCUT2D eigenvalue weighted by Crippen LogP contribution is -2.27. The van der Waals surface area contributed by atoms with Crippen LogP contribution in [-0.2, 0) is 0 Å². The third kappa shape index (κ3) is 3.62. The van der Waals surface area contributed by atoms with Gasteiger partial charge in [0, 0.05) is 12.1 Å². The van der Waals surface area contributed by atoms with Crippen molar-refractivity contribution < 1.29 is 9.53 Å². The first-order valence-corrected chi connectivity index (χ1v) is 5.05. The largest absolute Gasteiger partial charge is 0.497 e. The molecule has 3 nitrogen and oxygen atoms in total. The summed E-state index contributed by atoms with van der Waals surface area (Å²) in [6, 6.07) is 7.08. The predicted octanol–water partition coefficient (Wildman–Crippen LogP) is 2.08. The highest BCUT2D eigenvalue weighted by atomic mass is 16.5. The minimum absolute atomic E-state index is 0.0358. The second kappa shape index (κ2) is 5.39. The van der Waals surface area contributed by atoms with Crippen LogP contribution in [-0.4, -0.2) is 19.6 Å². The van der Waals surface area contributed by atoms with E-state index in [0.29, 0.717) is 18.0 Å². The average molecular weight is 207 g/mol. The first kappa shape index (κ1) is 11.6. The van der Waals surface area contributed by atoms with Crippen LogP contribution in [0.4, 0.5) is 0 Å². The van der Waals surface area contributed by atoms with Crippen molar-refractivity contribution in [3.63, 3.8) is 0 Å². The molecule has 0 bridgehead atoms. The molecule has 0 atom stereocenters. The Balaban J connectivity index is 2.58. The summed E-state index contributed by atoms with van der Waals surface area (Å²) in [5.74, 6) is 1.19. The summed E-state index contributed by atoms with van der Waals surface area (Å²) in [6.45, 7) is 4.83. The Morgan fingerprint density at radius 3 is 2.40 bits per heavy atom.